The Morgan fingerprint density at radius 1 is 1.10 bits per heavy atom. The molecule has 1 unspecified atom stereocenters. The smallest absolute Gasteiger partial charge is 0.0220 e. The molecule has 1 saturated carbocycles. The standard InChI is InChI=1S/C17H35N3/c1-4-16-13-19(3)11-8-12-20(16)15-17(14-18-2)9-6-5-7-10-17/h16,18H,4-15H2,1-3H3. The predicted octanol–water partition coefficient (Wildman–Crippen LogP) is 2.57. The highest BCUT2D eigenvalue weighted by atomic mass is 15.2. The summed E-state index contributed by atoms with van der Waals surface area (Å²) < 4.78 is 0. The van der Waals surface area contributed by atoms with Crippen LogP contribution in [0.15, 0.2) is 0 Å². The highest BCUT2D eigenvalue weighted by Gasteiger charge is 2.35. The lowest BCUT2D eigenvalue weighted by Crippen LogP contribution is -2.49. The Morgan fingerprint density at radius 3 is 2.50 bits per heavy atom. The van der Waals surface area contributed by atoms with Gasteiger partial charge in [-0.3, -0.25) is 4.90 Å². The van der Waals surface area contributed by atoms with Crippen molar-refractivity contribution in [3.63, 3.8) is 0 Å². The molecule has 20 heavy (non-hydrogen) atoms. The van der Waals surface area contributed by atoms with Gasteiger partial charge >= 0.3 is 0 Å². The average Bonchev–Trinajstić information content (AvgIpc) is 2.61. The Labute approximate surface area is 126 Å². The molecule has 1 aliphatic heterocycles. The zero-order chi connectivity index (χ0) is 14.4. The lowest BCUT2D eigenvalue weighted by atomic mass is 9.73. The molecule has 0 aromatic rings. The van der Waals surface area contributed by atoms with Gasteiger partial charge in [-0.15, -0.1) is 0 Å². The number of rotatable bonds is 5. The zero-order valence-electron chi connectivity index (χ0n) is 14.0. The van der Waals surface area contributed by atoms with E-state index in [1.54, 1.807) is 0 Å². The summed E-state index contributed by atoms with van der Waals surface area (Å²) in [6.07, 6.45) is 9.81. The highest BCUT2D eigenvalue weighted by Crippen LogP contribution is 2.37. The fourth-order valence-corrected chi connectivity index (χ4v) is 4.39. The van der Waals surface area contributed by atoms with Crippen LogP contribution in [0.25, 0.3) is 0 Å². The number of nitrogens with zero attached hydrogens (tertiary/aromatic N) is 2. The van der Waals surface area contributed by atoms with E-state index in [0.717, 1.165) is 6.04 Å². The third kappa shape index (κ3) is 4.19. The molecule has 2 aliphatic rings. The molecule has 0 bridgehead atoms. The molecule has 1 saturated heterocycles. The normalized spacial score (nSPS) is 29.2. The Morgan fingerprint density at radius 2 is 1.85 bits per heavy atom. The minimum absolute atomic E-state index is 0.545. The van der Waals surface area contributed by atoms with Crippen LogP contribution in [0.5, 0.6) is 0 Å². The van der Waals surface area contributed by atoms with Crippen molar-refractivity contribution in [3.05, 3.63) is 0 Å². The minimum Gasteiger partial charge on any atom is -0.319 e. The van der Waals surface area contributed by atoms with Crippen LogP contribution in [-0.4, -0.2) is 62.7 Å². The van der Waals surface area contributed by atoms with Gasteiger partial charge in [0.25, 0.3) is 0 Å². The van der Waals surface area contributed by atoms with Crippen LogP contribution in [0.4, 0.5) is 0 Å². The van der Waals surface area contributed by atoms with Gasteiger partial charge in [0.2, 0.25) is 0 Å². The van der Waals surface area contributed by atoms with E-state index in [0.29, 0.717) is 5.41 Å². The molecule has 3 heteroatoms. The summed E-state index contributed by atoms with van der Waals surface area (Å²) in [6.45, 7) is 8.71. The lowest BCUT2D eigenvalue weighted by molar-refractivity contribution is 0.0747. The van der Waals surface area contributed by atoms with Crippen LogP contribution >= 0.6 is 0 Å². The van der Waals surface area contributed by atoms with Crippen molar-refractivity contribution < 1.29 is 0 Å². The first-order valence-electron chi connectivity index (χ1n) is 8.76. The molecule has 2 fully saturated rings. The molecule has 0 amide bonds. The van der Waals surface area contributed by atoms with Gasteiger partial charge in [0, 0.05) is 25.7 Å². The zero-order valence-corrected chi connectivity index (χ0v) is 14.0. The Balaban J connectivity index is 2.03. The van der Waals surface area contributed by atoms with Gasteiger partial charge in [0.05, 0.1) is 0 Å². The van der Waals surface area contributed by atoms with Crippen molar-refractivity contribution >= 4 is 0 Å². The van der Waals surface area contributed by atoms with Gasteiger partial charge in [-0.2, -0.15) is 0 Å². The highest BCUT2D eigenvalue weighted by molar-refractivity contribution is 4.90. The quantitative estimate of drug-likeness (QED) is 0.835. The van der Waals surface area contributed by atoms with Crippen molar-refractivity contribution in [1.82, 2.24) is 15.1 Å². The Bertz CT molecular complexity index is 268. The van der Waals surface area contributed by atoms with Crippen LogP contribution in [0, 0.1) is 5.41 Å². The second-order valence-corrected chi connectivity index (χ2v) is 7.24. The second kappa shape index (κ2) is 7.77. The van der Waals surface area contributed by atoms with E-state index in [1.165, 1.54) is 77.7 Å². The molecule has 2 rings (SSSR count). The molecule has 0 aromatic heterocycles. The van der Waals surface area contributed by atoms with Gasteiger partial charge in [-0.1, -0.05) is 26.2 Å². The third-order valence-corrected chi connectivity index (χ3v) is 5.50. The van der Waals surface area contributed by atoms with E-state index in [1.807, 2.05) is 0 Å². The molecule has 0 aromatic carbocycles. The molecule has 0 spiro atoms. The van der Waals surface area contributed by atoms with Crippen LogP contribution in [0.3, 0.4) is 0 Å². The van der Waals surface area contributed by atoms with Gasteiger partial charge in [0.1, 0.15) is 0 Å². The number of hydrogen-bond acceptors (Lipinski definition) is 3. The van der Waals surface area contributed by atoms with E-state index in [-0.39, 0.29) is 0 Å². The van der Waals surface area contributed by atoms with Gasteiger partial charge in [-0.25, -0.2) is 0 Å². The Hall–Kier alpha value is -0.120. The molecule has 1 N–H and O–H groups in total. The lowest BCUT2D eigenvalue weighted by Gasteiger charge is -2.43. The van der Waals surface area contributed by atoms with Crippen molar-refractivity contribution in [2.24, 2.45) is 5.41 Å². The molecule has 3 nitrogen and oxygen atoms in total. The van der Waals surface area contributed by atoms with E-state index in [4.69, 9.17) is 0 Å². The SMILES string of the molecule is CCC1CN(C)CCCN1CC1(CNC)CCCCC1. The fourth-order valence-electron chi connectivity index (χ4n) is 4.39. The average molecular weight is 281 g/mol. The molecule has 118 valence electrons. The van der Waals surface area contributed by atoms with Gasteiger partial charge in [-0.05, 0) is 58.3 Å². The van der Waals surface area contributed by atoms with Crippen molar-refractivity contribution in [1.29, 1.82) is 0 Å². The van der Waals surface area contributed by atoms with Crippen molar-refractivity contribution in [3.8, 4) is 0 Å². The summed E-state index contributed by atoms with van der Waals surface area (Å²) in [5.74, 6) is 0. The summed E-state index contributed by atoms with van der Waals surface area (Å²) in [4.78, 5) is 5.35. The predicted molar refractivity (Wildman–Crippen MR) is 87.2 cm³/mol. The maximum absolute atomic E-state index is 3.49. The van der Waals surface area contributed by atoms with E-state index in [2.05, 4.69) is 36.1 Å². The van der Waals surface area contributed by atoms with Crippen LogP contribution < -0.4 is 5.32 Å². The number of likely N-dealkylation sites (N-methyl/N-ethyl adjacent to an activating group) is 1. The second-order valence-electron chi connectivity index (χ2n) is 7.24. The topological polar surface area (TPSA) is 18.5 Å². The number of hydrogen-bond donors (Lipinski definition) is 1. The maximum atomic E-state index is 3.49. The van der Waals surface area contributed by atoms with E-state index >= 15 is 0 Å². The number of nitrogens with one attached hydrogen (secondary N) is 1. The monoisotopic (exact) mass is 281 g/mol. The fraction of sp³-hybridized carbons (Fsp3) is 1.00. The first-order chi connectivity index (χ1) is 9.69. The molecular weight excluding hydrogens is 246 g/mol. The summed E-state index contributed by atoms with van der Waals surface area (Å²) in [5, 5.41) is 3.49. The molecule has 0 radical (unpaired) electrons. The third-order valence-electron chi connectivity index (χ3n) is 5.50. The first-order valence-corrected chi connectivity index (χ1v) is 8.76. The van der Waals surface area contributed by atoms with Gasteiger partial charge in [0.15, 0.2) is 0 Å². The Kier molecular flexibility index (Phi) is 6.31. The summed E-state index contributed by atoms with van der Waals surface area (Å²) in [6, 6.07) is 0.762. The van der Waals surface area contributed by atoms with Crippen LogP contribution in [0.2, 0.25) is 0 Å². The molecule has 1 atom stereocenters. The largest absolute Gasteiger partial charge is 0.319 e. The summed E-state index contributed by atoms with van der Waals surface area (Å²) in [7, 11) is 4.42. The van der Waals surface area contributed by atoms with Crippen molar-refractivity contribution in [2.45, 2.75) is 57.9 Å². The molecule has 1 aliphatic carbocycles. The van der Waals surface area contributed by atoms with Gasteiger partial charge < -0.3 is 10.2 Å². The van der Waals surface area contributed by atoms with Crippen LogP contribution in [-0.2, 0) is 0 Å². The summed E-state index contributed by atoms with van der Waals surface area (Å²) >= 11 is 0. The van der Waals surface area contributed by atoms with Crippen molar-refractivity contribution in [2.75, 3.05) is 46.8 Å². The van der Waals surface area contributed by atoms with E-state index < -0.39 is 0 Å². The first kappa shape index (κ1) is 16.3. The maximum Gasteiger partial charge on any atom is 0.0220 e. The molecular formula is C17H35N3. The molecule has 1 heterocycles. The minimum atomic E-state index is 0.545. The van der Waals surface area contributed by atoms with E-state index in [9.17, 15) is 0 Å². The van der Waals surface area contributed by atoms with Crippen LogP contribution in [0.1, 0.15) is 51.9 Å². The summed E-state index contributed by atoms with van der Waals surface area (Å²) in [5.41, 5.74) is 0.545.